The van der Waals surface area contributed by atoms with Crippen LogP contribution in [0.25, 0.3) is 0 Å². The smallest absolute Gasteiger partial charge is 0.257 e. The SMILES string of the molecule is CC1CN(C(=O)c2cn[nH]c2)C(C)CN1. The lowest BCUT2D eigenvalue weighted by Crippen LogP contribution is -2.56. The summed E-state index contributed by atoms with van der Waals surface area (Å²) >= 11 is 0. The number of nitrogens with one attached hydrogen (secondary N) is 2. The summed E-state index contributed by atoms with van der Waals surface area (Å²) in [6.45, 7) is 5.74. The molecule has 2 rings (SSSR count). The zero-order valence-corrected chi connectivity index (χ0v) is 9.03. The lowest BCUT2D eigenvalue weighted by atomic mass is 10.1. The second-order valence-electron chi connectivity index (χ2n) is 4.10. The van der Waals surface area contributed by atoms with Crippen LogP contribution in [-0.2, 0) is 0 Å². The van der Waals surface area contributed by atoms with Crippen LogP contribution in [0.1, 0.15) is 24.2 Å². The summed E-state index contributed by atoms with van der Waals surface area (Å²) in [5.74, 6) is 0.0598. The molecule has 1 aliphatic heterocycles. The van der Waals surface area contributed by atoms with Crippen LogP contribution in [0.2, 0.25) is 0 Å². The molecule has 0 radical (unpaired) electrons. The van der Waals surface area contributed by atoms with E-state index < -0.39 is 0 Å². The summed E-state index contributed by atoms with van der Waals surface area (Å²) in [4.78, 5) is 13.9. The van der Waals surface area contributed by atoms with Crippen molar-refractivity contribution in [3.8, 4) is 0 Å². The predicted octanol–water partition coefficient (Wildman–Crippen LogP) is 0.232. The van der Waals surface area contributed by atoms with Gasteiger partial charge >= 0.3 is 0 Å². The predicted molar refractivity (Wildman–Crippen MR) is 56.6 cm³/mol. The zero-order chi connectivity index (χ0) is 10.8. The first-order valence-electron chi connectivity index (χ1n) is 5.21. The van der Waals surface area contributed by atoms with Gasteiger partial charge in [-0.3, -0.25) is 9.89 Å². The topological polar surface area (TPSA) is 61.0 Å². The van der Waals surface area contributed by atoms with Crippen molar-refractivity contribution in [2.24, 2.45) is 0 Å². The van der Waals surface area contributed by atoms with E-state index in [0.29, 0.717) is 11.6 Å². The Morgan fingerprint density at radius 3 is 3.07 bits per heavy atom. The maximum atomic E-state index is 12.1. The minimum absolute atomic E-state index is 0.0598. The molecular formula is C10H16N4O. The molecule has 5 nitrogen and oxygen atoms in total. The third kappa shape index (κ3) is 2.02. The molecule has 0 bridgehead atoms. The molecule has 1 aromatic heterocycles. The van der Waals surface area contributed by atoms with Gasteiger partial charge in [-0.2, -0.15) is 5.10 Å². The maximum absolute atomic E-state index is 12.1. The molecule has 5 heteroatoms. The Morgan fingerprint density at radius 2 is 2.40 bits per heavy atom. The molecule has 2 heterocycles. The van der Waals surface area contributed by atoms with E-state index in [-0.39, 0.29) is 11.9 Å². The fourth-order valence-corrected chi connectivity index (χ4v) is 1.84. The van der Waals surface area contributed by atoms with E-state index in [1.807, 2.05) is 4.90 Å². The molecule has 0 aromatic carbocycles. The fourth-order valence-electron chi connectivity index (χ4n) is 1.84. The molecule has 2 N–H and O–H groups in total. The summed E-state index contributed by atoms with van der Waals surface area (Å²) in [6.07, 6.45) is 3.21. The van der Waals surface area contributed by atoms with Gasteiger partial charge in [-0.05, 0) is 13.8 Å². The number of rotatable bonds is 1. The summed E-state index contributed by atoms with van der Waals surface area (Å²) in [5.41, 5.74) is 0.635. The zero-order valence-electron chi connectivity index (χ0n) is 9.03. The number of aromatic nitrogens is 2. The lowest BCUT2D eigenvalue weighted by Gasteiger charge is -2.37. The monoisotopic (exact) mass is 208 g/mol. The first-order chi connectivity index (χ1) is 7.18. The van der Waals surface area contributed by atoms with Crippen LogP contribution in [0.4, 0.5) is 0 Å². The maximum Gasteiger partial charge on any atom is 0.257 e. The molecule has 2 atom stereocenters. The van der Waals surface area contributed by atoms with Gasteiger partial charge in [-0.25, -0.2) is 0 Å². The third-order valence-electron chi connectivity index (χ3n) is 2.77. The van der Waals surface area contributed by atoms with Crippen molar-refractivity contribution in [3.63, 3.8) is 0 Å². The Kier molecular flexibility index (Phi) is 2.73. The number of hydrogen-bond acceptors (Lipinski definition) is 3. The van der Waals surface area contributed by atoms with E-state index in [2.05, 4.69) is 29.4 Å². The molecule has 15 heavy (non-hydrogen) atoms. The molecule has 1 aromatic rings. The second kappa shape index (κ2) is 4.02. The molecule has 0 saturated carbocycles. The van der Waals surface area contributed by atoms with Gasteiger partial charge in [0, 0.05) is 31.4 Å². The van der Waals surface area contributed by atoms with Crippen molar-refractivity contribution in [1.29, 1.82) is 0 Å². The van der Waals surface area contributed by atoms with E-state index >= 15 is 0 Å². The quantitative estimate of drug-likeness (QED) is 0.694. The van der Waals surface area contributed by atoms with Gasteiger partial charge in [0.2, 0.25) is 0 Å². The van der Waals surface area contributed by atoms with E-state index in [9.17, 15) is 4.79 Å². The van der Waals surface area contributed by atoms with E-state index in [4.69, 9.17) is 0 Å². The average molecular weight is 208 g/mol. The van der Waals surface area contributed by atoms with Gasteiger partial charge in [-0.15, -0.1) is 0 Å². The largest absolute Gasteiger partial charge is 0.333 e. The first-order valence-corrected chi connectivity index (χ1v) is 5.21. The van der Waals surface area contributed by atoms with Crippen LogP contribution in [0.5, 0.6) is 0 Å². The minimum atomic E-state index is 0.0598. The van der Waals surface area contributed by atoms with Crippen molar-refractivity contribution >= 4 is 5.91 Å². The lowest BCUT2D eigenvalue weighted by molar-refractivity contribution is 0.0616. The number of amides is 1. The fraction of sp³-hybridized carbons (Fsp3) is 0.600. The highest BCUT2D eigenvalue weighted by molar-refractivity contribution is 5.94. The van der Waals surface area contributed by atoms with Crippen LogP contribution >= 0.6 is 0 Å². The van der Waals surface area contributed by atoms with Crippen molar-refractivity contribution in [3.05, 3.63) is 18.0 Å². The molecule has 1 fully saturated rings. The van der Waals surface area contributed by atoms with Gasteiger partial charge in [-0.1, -0.05) is 0 Å². The van der Waals surface area contributed by atoms with Crippen LogP contribution in [0.3, 0.4) is 0 Å². The Morgan fingerprint density at radius 1 is 1.60 bits per heavy atom. The van der Waals surface area contributed by atoms with Gasteiger partial charge in [0.05, 0.1) is 11.8 Å². The second-order valence-corrected chi connectivity index (χ2v) is 4.10. The molecule has 82 valence electrons. The number of H-pyrrole nitrogens is 1. The Balaban J connectivity index is 2.12. The standard InChI is InChI=1S/C10H16N4O/c1-7-6-14(8(2)3-11-7)10(15)9-4-12-13-5-9/h4-5,7-8,11H,3,6H2,1-2H3,(H,12,13). The van der Waals surface area contributed by atoms with Crippen molar-refractivity contribution in [2.75, 3.05) is 13.1 Å². The van der Waals surface area contributed by atoms with E-state index in [1.165, 1.54) is 0 Å². The van der Waals surface area contributed by atoms with Gasteiger partial charge in [0.15, 0.2) is 0 Å². The number of piperazine rings is 1. The van der Waals surface area contributed by atoms with E-state index in [1.54, 1.807) is 12.4 Å². The highest BCUT2D eigenvalue weighted by atomic mass is 16.2. The van der Waals surface area contributed by atoms with Crippen LogP contribution in [-0.4, -0.2) is 46.2 Å². The highest BCUT2D eigenvalue weighted by Gasteiger charge is 2.27. The Hall–Kier alpha value is -1.36. The molecule has 2 unspecified atom stereocenters. The number of nitrogens with zero attached hydrogens (tertiary/aromatic N) is 2. The average Bonchev–Trinajstić information content (AvgIpc) is 2.74. The summed E-state index contributed by atoms with van der Waals surface area (Å²) in [7, 11) is 0. The van der Waals surface area contributed by atoms with Crippen molar-refractivity contribution in [2.45, 2.75) is 25.9 Å². The number of carbonyl (C=O) groups excluding carboxylic acids is 1. The van der Waals surface area contributed by atoms with Gasteiger partial charge < -0.3 is 10.2 Å². The molecule has 0 spiro atoms. The number of hydrogen-bond donors (Lipinski definition) is 2. The van der Waals surface area contributed by atoms with Gasteiger partial charge in [0.25, 0.3) is 5.91 Å². The number of aromatic amines is 1. The molecule has 1 amide bonds. The normalized spacial score (nSPS) is 26.7. The van der Waals surface area contributed by atoms with Crippen LogP contribution in [0, 0.1) is 0 Å². The van der Waals surface area contributed by atoms with E-state index in [0.717, 1.165) is 13.1 Å². The Labute approximate surface area is 88.8 Å². The minimum Gasteiger partial charge on any atom is -0.333 e. The first kappa shape index (κ1) is 10.2. The summed E-state index contributed by atoms with van der Waals surface area (Å²) in [6, 6.07) is 0.598. The van der Waals surface area contributed by atoms with Crippen LogP contribution in [0.15, 0.2) is 12.4 Å². The highest BCUT2D eigenvalue weighted by Crippen LogP contribution is 2.11. The summed E-state index contributed by atoms with van der Waals surface area (Å²) < 4.78 is 0. The Bertz CT molecular complexity index is 335. The van der Waals surface area contributed by atoms with Crippen molar-refractivity contribution in [1.82, 2.24) is 20.4 Å². The molecular weight excluding hydrogens is 192 g/mol. The number of carbonyl (C=O) groups is 1. The molecule has 1 saturated heterocycles. The third-order valence-corrected chi connectivity index (χ3v) is 2.77. The van der Waals surface area contributed by atoms with Crippen molar-refractivity contribution < 1.29 is 4.79 Å². The van der Waals surface area contributed by atoms with Gasteiger partial charge in [0.1, 0.15) is 0 Å². The summed E-state index contributed by atoms with van der Waals surface area (Å²) in [5, 5.41) is 9.80. The molecule has 0 aliphatic carbocycles. The molecule has 1 aliphatic rings. The van der Waals surface area contributed by atoms with Crippen LogP contribution < -0.4 is 5.32 Å².